The maximum absolute atomic E-state index is 12.7. The number of benzene rings is 1. The smallest absolute Gasteiger partial charge is 0.593 e. The van der Waals surface area contributed by atoms with Crippen molar-refractivity contribution in [1.82, 2.24) is 9.62 Å². The second-order valence-electron chi connectivity index (χ2n) is 6.46. The lowest BCUT2D eigenvalue weighted by Crippen LogP contribution is -2.53. The molecule has 2 rings (SSSR count). The average molecular weight is 471 g/mol. The fraction of sp³-hybridized carbons (Fsp3) is 0.444. The van der Waals surface area contributed by atoms with Crippen molar-refractivity contribution in [2.24, 2.45) is 0 Å². The standard InChI is InChI=1S/C18H24BBrN2O5S/c1-3-4-5-6-7-16(21-28(25)15-10-8-14(20)9-11-15)19-26-17(23)12-22(2)13-18(24)27-19/h6-11,16,21H,3-5,12-13H2,1-2H3. The topological polar surface area (TPSA) is 90.9 Å². The Labute approximate surface area is 177 Å². The average Bonchev–Trinajstić information content (AvgIpc) is 2.62. The molecule has 0 saturated carbocycles. The Morgan fingerprint density at radius 3 is 2.46 bits per heavy atom. The molecule has 1 aromatic rings. The van der Waals surface area contributed by atoms with Gasteiger partial charge in [0.25, 0.3) is 0 Å². The molecule has 10 heteroatoms. The first-order valence-electron chi connectivity index (χ1n) is 9.06. The molecular weight excluding hydrogens is 447 g/mol. The summed E-state index contributed by atoms with van der Waals surface area (Å²) in [4.78, 5) is 26.2. The molecule has 1 aromatic carbocycles. The quantitative estimate of drug-likeness (QED) is 0.269. The summed E-state index contributed by atoms with van der Waals surface area (Å²) in [6.07, 6.45) is 6.49. The number of carbonyl (C=O) groups excluding carboxylic acids is 2. The number of halogens is 1. The van der Waals surface area contributed by atoms with Gasteiger partial charge in [0, 0.05) is 4.47 Å². The molecule has 1 N–H and O–H groups in total. The van der Waals surface area contributed by atoms with Crippen molar-refractivity contribution in [1.29, 1.82) is 0 Å². The molecule has 0 spiro atoms. The monoisotopic (exact) mass is 470 g/mol. The van der Waals surface area contributed by atoms with Crippen LogP contribution < -0.4 is 4.72 Å². The highest BCUT2D eigenvalue weighted by Gasteiger charge is 2.41. The summed E-state index contributed by atoms with van der Waals surface area (Å²) in [5.74, 6) is -1.76. The van der Waals surface area contributed by atoms with Crippen LogP contribution in [0, 0.1) is 0 Å². The van der Waals surface area contributed by atoms with E-state index in [2.05, 4.69) is 27.6 Å². The van der Waals surface area contributed by atoms with E-state index in [4.69, 9.17) is 9.31 Å². The van der Waals surface area contributed by atoms with Crippen LogP contribution in [-0.2, 0) is 30.3 Å². The molecule has 1 saturated heterocycles. The largest absolute Gasteiger partial charge is 0.625 e. The zero-order valence-electron chi connectivity index (χ0n) is 15.9. The summed E-state index contributed by atoms with van der Waals surface area (Å²) >= 11 is 1.76. The predicted molar refractivity (Wildman–Crippen MR) is 112 cm³/mol. The van der Waals surface area contributed by atoms with E-state index in [1.54, 1.807) is 37.4 Å². The number of carbonyl (C=O) groups is 2. The first-order valence-corrected chi connectivity index (χ1v) is 11.0. The second-order valence-corrected chi connectivity index (χ2v) is 8.62. The Bertz CT molecular complexity index is 671. The Hall–Kier alpha value is -1.33. The zero-order valence-corrected chi connectivity index (χ0v) is 18.3. The van der Waals surface area contributed by atoms with Crippen LogP contribution in [0.1, 0.15) is 26.2 Å². The van der Waals surface area contributed by atoms with E-state index in [1.165, 1.54) is 4.90 Å². The van der Waals surface area contributed by atoms with Gasteiger partial charge in [-0.25, -0.2) is 0 Å². The number of nitrogens with zero attached hydrogens (tertiary/aromatic N) is 1. The summed E-state index contributed by atoms with van der Waals surface area (Å²) in [5, 5.41) is 0. The van der Waals surface area contributed by atoms with E-state index in [0.29, 0.717) is 4.90 Å². The summed E-state index contributed by atoms with van der Waals surface area (Å²) in [5.41, 5.74) is 0. The van der Waals surface area contributed by atoms with E-state index < -0.39 is 36.4 Å². The molecule has 1 fully saturated rings. The van der Waals surface area contributed by atoms with Crippen LogP contribution in [0.2, 0.25) is 0 Å². The Balaban J connectivity index is 2.16. The van der Waals surface area contributed by atoms with Gasteiger partial charge in [-0.1, -0.05) is 47.8 Å². The van der Waals surface area contributed by atoms with Gasteiger partial charge in [-0.3, -0.25) is 14.5 Å². The SMILES string of the molecule is CCCCC=CC(N[S+]([O-])c1ccc(Br)cc1)B1OC(=O)CN(C)CC(=O)O1. The van der Waals surface area contributed by atoms with Gasteiger partial charge in [-0.05, 0) is 37.7 Å². The van der Waals surface area contributed by atoms with E-state index in [-0.39, 0.29) is 13.1 Å². The number of rotatable bonds is 8. The minimum atomic E-state index is -1.59. The zero-order chi connectivity index (χ0) is 20.5. The predicted octanol–water partition coefficient (Wildman–Crippen LogP) is 2.24. The second kappa shape index (κ2) is 11.6. The minimum Gasteiger partial charge on any atom is -0.593 e. The molecule has 152 valence electrons. The van der Waals surface area contributed by atoms with Crippen LogP contribution in [0.4, 0.5) is 0 Å². The van der Waals surface area contributed by atoms with Gasteiger partial charge in [0.05, 0.1) is 24.5 Å². The highest BCUT2D eigenvalue weighted by molar-refractivity contribution is 9.10. The van der Waals surface area contributed by atoms with Gasteiger partial charge in [0.15, 0.2) is 4.90 Å². The Morgan fingerprint density at radius 1 is 1.29 bits per heavy atom. The summed E-state index contributed by atoms with van der Waals surface area (Å²) in [6.45, 7) is 2.04. The molecule has 1 aliphatic heterocycles. The van der Waals surface area contributed by atoms with Gasteiger partial charge in [-0.2, -0.15) is 0 Å². The van der Waals surface area contributed by atoms with Crippen LogP contribution in [0.25, 0.3) is 0 Å². The third-order valence-corrected chi connectivity index (χ3v) is 5.64. The van der Waals surface area contributed by atoms with Gasteiger partial charge < -0.3 is 13.9 Å². The van der Waals surface area contributed by atoms with Crippen LogP contribution in [0.3, 0.4) is 0 Å². The number of likely N-dealkylation sites (N-methyl/N-ethyl adjacent to an activating group) is 1. The fourth-order valence-electron chi connectivity index (χ4n) is 2.50. The first kappa shape index (κ1) is 23.0. The Morgan fingerprint density at radius 2 is 1.89 bits per heavy atom. The first-order chi connectivity index (χ1) is 13.4. The van der Waals surface area contributed by atoms with Crippen LogP contribution in [-0.4, -0.2) is 54.6 Å². The lowest BCUT2D eigenvalue weighted by atomic mass is 9.78. The van der Waals surface area contributed by atoms with Gasteiger partial charge >= 0.3 is 19.1 Å². The molecule has 0 radical (unpaired) electrons. The molecule has 1 heterocycles. The van der Waals surface area contributed by atoms with Crippen molar-refractivity contribution < 1.29 is 23.5 Å². The third kappa shape index (κ3) is 7.59. The number of hydrogen-bond donors (Lipinski definition) is 1. The minimum absolute atomic E-state index is 0.0202. The van der Waals surface area contributed by atoms with Crippen molar-refractivity contribution in [3.8, 4) is 0 Å². The number of unbranched alkanes of at least 4 members (excludes halogenated alkanes) is 2. The molecule has 0 aliphatic carbocycles. The lowest BCUT2D eigenvalue weighted by molar-refractivity contribution is -0.145. The Kier molecular flexibility index (Phi) is 9.53. The van der Waals surface area contributed by atoms with Crippen LogP contribution >= 0.6 is 15.9 Å². The van der Waals surface area contributed by atoms with Crippen molar-refractivity contribution in [3.05, 3.63) is 40.9 Å². The van der Waals surface area contributed by atoms with Crippen molar-refractivity contribution >= 4 is 46.3 Å². The summed E-state index contributed by atoms with van der Waals surface area (Å²) in [7, 11) is 0.442. The van der Waals surface area contributed by atoms with E-state index in [1.807, 2.05) is 6.08 Å². The molecule has 0 amide bonds. The molecule has 2 atom stereocenters. The molecular formula is C18H24BBrN2O5S. The highest BCUT2D eigenvalue weighted by atomic mass is 79.9. The van der Waals surface area contributed by atoms with Crippen molar-refractivity contribution in [3.63, 3.8) is 0 Å². The normalized spacial score (nSPS) is 18.4. The molecule has 0 aromatic heterocycles. The third-order valence-electron chi connectivity index (χ3n) is 3.93. The van der Waals surface area contributed by atoms with Gasteiger partial charge in [-0.15, -0.1) is 4.72 Å². The number of nitrogens with one attached hydrogen (secondary N) is 1. The van der Waals surface area contributed by atoms with Crippen LogP contribution in [0.15, 0.2) is 45.8 Å². The molecule has 7 nitrogen and oxygen atoms in total. The summed E-state index contributed by atoms with van der Waals surface area (Å²) in [6, 6.07) is 7.01. The molecule has 28 heavy (non-hydrogen) atoms. The molecule has 1 aliphatic rings. The van der Waals surface area contributed by atoms with E-state index >= 15 is 0 Å². The summed E-state index contributed by atoms with van der Waals surface area (Å²) < 4.78 is 27.2. The maximum Gasteiger partial charge on any atom is 0.625 e. The lowest BCUT2D eigenvalue weighted by Gasteiger charge is -2.26. The van der Waals surface area contributed by atoms with E-state index in [0.717, 1.165) is 23.7 Å². The number of hydrogen-bond acceptors (Lipinski definition) is 7. The van der Waals surface area contributed by atoms with E-state index in [9.17, 15) is 14.1 Å². The van der Waals surface area contributed by atoms with Crippen molar-refractivity contribution in [2.45, 2.75) is 37.0 Å². The van der Waals surface area contributed by atoms with Gasteiger partial charge in [0.1, 0.15) is 5.94 Å². The highest BCUT2D eigenvalue weighted by Crippen LogP contribution is 2.16. The van der Waals surface area contributed by atoms with Crippen LogP contribution in [0.5, 0.6) is 0 Å². The maximum atomic E-state index is 12.7. The molecule has 2 unspecified atom stereocenters. The number of allylic oxidation sites excluding steroid dienone is 1. The molecule has 0 bridgehead atoms. The van der Waals surface area contributed by atoms with Gasteiger partial charge in [0.2, 0.25) is 0 Å². The fourth-order valence-corrected chi connectivity index (χ4v) is 3.72. The van der Waals surface area contributed by atoms with Crippen molar-refractivity contribution in [2.75, 3.05) is 20.1 Å².